The number of ether oxygens (including phenoxy) is 1. The van der Waals surface area contributed by atoms with Crippen LogP contribution in [-0.2, 0) is 4.79 Å². The predicted octanol–water partition coefficient (Wildman–Crippen LogP) is 3.52. The third-order valence-electron chi connectivity index (χ3n) is 5.13. The Bertz CT molecular complexity index is 908. The Hall–Kier alpha value is -2.64. The molecule has 2 heterocycles. The number of hydrogen-bond acceptors (Lipinski definition) is 6. The molecule has 2 aromatic rings. The molecule has 1 saturated heterocycles. The minimum Gasteiger partial charge on any atom is -0.497 e. The van der Waals surface area contributed by atoms with Gasteiger partial charge in [-0.05, 0) is 43.3 Å². The van der Waals surface area contributed by atoms with E-state index < -0.39 is 0 Å². The standard InChI is InChI=1S/C22H26N4O2S/c1-3-26-19-14-18(28-2)8-9-20(19)29-22(26)15-21(27)24-16-4-6-17(7-5-16)25-12-10-23-11-13-25/h4-9,14-15,23H,3,10-13H2,1-2H3,(H,24,27)/b22-15-. The molecule has 4 rings (SSSR count). The molecule has 152 valence electrons. The molecule has 2 N–H and O–H groups in total. The summed E-state index contributed by atoms with van der Waals surface area (Å²) in [7, 11) is 1.66. The summed E-state index contributed by atoms with van der Waals surface area (Å²) in [6.45, 7) is 6.89. The van der Waals surface area contributed by atoms with Gasteiger partial charge in [-0.25, -0.2) is 0 Å². The van der Waals surface area contributed by atoms with Crippen molar-refractivity contribution in [2.75, 3.05) is 55.0 Å². The second kappa shape index (κ2) is 8.80. The summed E-state index contributed by atoms with van der Waals surface area (Å²) in [6, 6.07) is 14.1. The molecular formula is C22H26N4O2S. The molecule has 1 amide bonds. The highest BCUT2D eigenvalue weighted by atomic mass is 32.2. The zero-order valence-electron chi connectivity index (χ0n) is 16.8. The molecule has 2 aliphatic heterocycles. The fraction of sp³-hybridized carbons (Fsp3) is 0.318. The van der Waals surface area contributed by atoms with E-state index in [0.717, 1.165) is 59.8 Å². The second-order valence-corrected chi connectivity index (χ2v) is 8.00. The SMILES string of the molecule is CCN1/C(=C/C(=O)Nc2ccc(N3CCNCC3)cc2)Sc2ccc(OC)cc21. The van der Waals surface area contributed by atoms with Crippen LogP contribution in [0.2, 0.25) is 0 Å². The van der Waals surface area contributed by atoms with Gasteiger partial charge in [-0.2, -0.15) is 0 Å². The topological polar surface area (TPSA) is 56.8 Å². The summed E-state index contributed by atoms with van der Waals surface area (Å²) in [5, 5.41) is 7.26. The number of piperazine rings is 1. The maximum absolute atomic E-state index is 12.6. The van der Waals surface area contributed by atoms with Crippen molar-refractivity contribution in [2.24, 2.45) is 0 Å². The summed E-state index contributed by atoms with van der Waals surface area (Å²) < 4.78 is 5.34. The molecule has 2 aliphatic rings. The van der Waals surface area contributed by atoms with Crippen LogP contribution < -0.4 is 25.2 Å². The van der Waals surface area contributed by atoms with Gasteiger partial charge < -0.3 is 25.2 Å². The van der Waals surface area contributed by atoms with E-state index >= 15 is 0 Å². The lowest BCUT2D eigenvalue weighted by Crippen LogP contribution is -2.43. The van der Waals surface area contributed by atoms with Gasteiger partial charge in [0.2, 0.25) is 0 Å². The van der Waals surface area contributed by atoms with Gasteiger partial charge >= 0.3 is 0 Å². The molecule has 6 nitrogen and oxygen atoms in total. The first-order chi connectivity index (χ1) is 14.2. The number of carbonyl (C=O) groups excluding carboxylic acids is 1. The lowest BCUT2D eigenvalue weighted by Gasteiger charge is -2.29. The average molecular weight is 411 g/mol. The molecular weight excluding hydrogens is 384 g/mol. The quantitative estimate of drug-likeness (QED) is 0.736. The minimum atomic E-state index is -0.124. The Morgan fingerprint density at radius 2 is 1.97 bits per heavy atom. The van der Waals surface area contributed by atoms with Crippen LogP contribution in [0.4, 0.5) is 17.1 Å². The zero-order chi connectivity index (χ0) is 20.2. The molecule has 0 atom stereocenters. The van der Waals surface area contributed by atoms with Gasteiger partial charge in [-0.3, -0.25) is 4.79 Å². The van der Waals surface area contributed by atoms with Crippen molar-refractivity contribution in [1.29, 1.82) is 0 Å². The number of fused-ring (bicyclic) bond motifs is 1. The molecule has 0 unspecified atom stereocenters. The first-order valence-corrected chi connectivity index (χ1v) is 10.7. The van der Waals surface area contributed by atoms with Crippen molar-refractivity contribution in [3.8, 4) is 5.75 Å². The van der Waals surface area contributed by atoms with Crippen molar-refractivity contribution >= 4 is 34.7 Å². The summed E-state index contributed by atoms with van der Waals surface area (Å²) in [4.78, 5) is 18.2. The van der Waals surface area contributed by atoms with E-state index in [1.165, 1.54) is 5.69 Å². The molecule has 0 aromatic heterocycles. The van der Waals surface area contributed by atoms with Crippen LogP contribution in [0.25, 0.3) is 0 Å². The van der Waals surface area contributed by atoms with E-state index in [2.05, 4.69) is 39.5 Å². The summed E-state index contributed by atoms with van der Waals surface area (Å²) >= 11 is 1.61. The van der Waals surface area contributed by atoms with Gasteiger partial charge in [0.25, 0.3) is 5.91 Å². The van der Waals surface area contributed by atoms with Gasteiger partial charge in [-0.15, -0.1) is 0 Å². The lowest BCUT2D eigenvalue weighted by molar-refractivity contribution is -0.111. The normalized spacial score (nSPS) is 17.4. The molecule has 0 spiro atoms. The third-order valence-corrected chi connectivity index (χ3v) is 6.24. The van der Waals surface area contributed by atoms with Gasteiger partial charge in [0, 0.05) is 61.1 Å². The van der Waals surface area contributed by atoms with E-state index in [9.17, 15) is 4.79 Å². The maximum Gasteiger partial charge on any atom is 0.251 e. The number of amides is 1. The number of rotatable bonds is 5. The first-order valence-electron chi connectivity index (χ1n) is 9.90. The van der Waals surface area contributed by atoms with Crippen LogP contribution in [0, 0.1) is 0 Å². The number of benzene rings is 2. The number of anilines is 3. The van der Waals surface area contributed by atoms with Crippen molar-refractivity contribution in [3.63, 3.8) is 0 Å². The molecule has 0 aliphatic carbocycles. The molecule has 29 heavy (non-hydrogen) atoms. The van der Waals surface area contributed by atoms with E-state index in [4.69, 9.17) is 4.74 Å². The monoisotopic (exact) mass is 410 g/mol. The number of hydrogen-bond donors (Lipinski definition) is 2. The van der Waals surface area contributed by atoms with Gasteiger partial charge in [0.1, 0.15) is 5.75 Å². The first kappa shape index (κ1) is 19.7. The average Bonchev–Trinajstić information content (AvgIpc) is 3.10. The Balaban J connectivity index is 1.44. The van der Waals surface area contributed by atoms with Crippen molar-refractivity contribution in [2.45, 2.75) is 11.8 Å². The van der Waals surface area contributed by atoms with Crippen molar-refractivity contribution < 1.29 is 9.53 Å². The Labute approximate surface area is 175 Å². The number of nitrogens with zero attached hydrogens (tertiary/aromatic N) is 2. The zero-order valence-corrected chi connectivity index (χ0v) is 17.6. The minimum absolute atomic E-state index is 0.124. The highest BCUT2D eigenvalue weighted by Gasteiger charge is 2.25. The third kappa shape index (κ3) is 4.36. The summed E-state index contributed by atoms with van der Waals surface area (Å²) in [5.74, 6) is 0.693. The molecule has 0 radical (unpaired) electrons. The fourth-order valence-electron chi connectivity index (χ4n) is 3.61. The fourth-order valence-corrected chi connectivity index (χ4v) is 4.75. The van der Waals surface area contributed by atoms with Crippen LogP contribution in [-0.4, -0.2) is 45.7 Å². The van der Waals surface area contributed by atoms with Crippen LogP contribution in [0.15, 0.2) is 58.5 Å². The predicted molar refractivity (Wildman–Crippen MR) is 120 cm³/mol. The largest absolute Gasteiger partial charge is 0.497 e. The number of carbonyl (C=O) groups is 1. The van der Waals surface area contributed by atoms with Crippen molar-refractivity contribution in [3.05, 3.63) is 53.6 Å². The van der Waals surface area contributed by atoms with E-state index in [0.29, 0.717) is 0 Å². The van der Waals surface area contributed by atoms with Gasteiger partial charge in [0.05, 0.1) is 17.8 Å². The molecule has 0 bridgehead atoms. The van der Waals surface area contributed by atoms with E-state index in [-0.39, 0.29) is 5.91 Å². The highest BCUT2D eigenvalue weighted by Crippen LogP contribution is 2.47. The van der Waals surface area contributed by atoms with Crippen molar-refractivity contribution in [1.82, 2.24) is 5.32 Å². The molecule has 2 aromatic carbocycles. The smallest absolute Gasteiger partial charge is 0.251 e. The Kier molecular flexibility index (Phi) is 5.97. The van der Waals surface area contributed by atoms with E-state index in [1.54, 1.807) is 24.9 Å². The number of nitrogens with one attached hydrogen (secondary N) is 2. The van der Waals surface area contributed by atoms with Gasteiger partial charge in [-0.1, -0.05) is 11.8 Å². The Morgan fingerprint density at radius 1 is 1.21 bits per heavy atom. The Morgan fingerprint density at radius 3 is 2.66 bits per heavy atom. The molecule has 7 heteroatoms. The van der Waals surface area contributed by atoms with Crippen LogP contribution in [0.3, 0.4) is 0 Å². The number of methoxy groups -OCH3 is 1. The summed E-state index contributed by atoms with van der Waals surface area (Å²) in [5.41, 5.74) is 3.07. The van der Waals surface area contributed by atoms with Crippen LogP contribution >= 0.6 is 11.8 Å². The second-order valence-electron chi connectivity index (χ2n) is 6.94. The summed E-state index contributed by atoms with van der Waals surface area (Å²) in [6.07, 6.45) is 1.67. The van der Waals surface area contributed by atoms with Gasteiger partial charge in [0.15, 0.2) is 0 Å². The molecule has 0 saturated carbocycles. The highest BCUT2D eigenvalue weighted by molar-refractivity contribution is 8.03. The maximum atomic E-state index is 12.6. The van der Waals surface area contributed by atoms with Crippen LogP contribution in [0.5, 0.6) is 5.75 Å². The number of thioether (sulfide) groups is 1. The lowest BCUT2D eigenvalue weighted by atomic mass is 10.2. The van der Waals surface area contributed by atoms with Crippen LogP contribution in [0.1, 0.15) is 6.92 Å². The molecule has 1 fully saturated rings. The van der Waals surface area contributed by atoms with E-state index in [1.807, 2.05) is 30.3 Å².